The Labute approximate surface area is 147 Å². The maximum Gasteiger partial charge on any atom is 0.234 e. The van der Waals surface area contributed by atoms with E-state index in [1.54, 1.807) is 13.8 Å². The molecule has 0 aromatic heterocycles. The molecule has 4 unspecified atom stereocenters. The number of carbonyl (C=O) groups is 2. The van der Waals surface area contributed by atoms with Crippen LogP contribution in [0.2, 0.25) is 0 Å². The number of Topliss-reactive ketones (excluding diaryl/α,β-unsaturated/α-hetero) is 1. The number of fused-ring (bicyclic) bond motifs is 2. The number of phenolic OH excluding ortho intramolecular Hbond substituents is 2. The van der Waals surface area contributed by atoms with Gasteiger partial charge in [0.2, 0.25) is 5.91 Å². The summed E-state index contributed by atoms with van der Waals surface area (Å²) in [5.41, 5.74) is 1.01. The number of hydrogen-bond acceptors (Lipinski definition) is 5. The number of nitrogens with one attached hydrogen (secondary N) is 1. The summed E-state index contributed by atoms with van der Waals surface area (Å²) >= 11 is 0. The summed E-state index contributed by atoms with van der Waals surface area (Å²) in [6, 6.07) is 2.46. The first-order valence-corrected chi connectivity index (χ1v) is 8.37. The van der Waals surface area contributed by atoms with Crippen molar-refractivity contribution >= 4 is 17.4 Å². The molecule has 2 rings (SSSR count). The first-order chi connectivity index (χ1) is 11.6. The van der Waals surface area contributed by atoms with Crippen molar-refractivity contribution in [3.05, 3.63) is 29.3 Å². The Morgan fingerprint density at radius 2 is 1.76 bits per heavy atom. The molecule has 2 bridgehead atoms. The smallest absolute Gasteiger partial charge is 0.234 e. The van der Waals surface area contributed by atoms with Crippen LogP contribution in [0.4, 0.5) is 5.69 Å². The van der Waals surface area contributed by atoms with E-state index in [2.05, 4.69) is 5.32 Å². The van der Waals surface area contributed by atoms with Crippen molar-refractivity contribution in [2.45, 2.75) is 40.2 Å². The van der Waals surface area contributed by atoms with Gasteiger partial charge < -0.3 is 20.6 Å². The van der Waals surface area contributed by atoms with Crippen LogP contribution in [0.1, 0.15) is 45.8 Å². The molecule has 0 radical (unpaired) electrons. The highest BCUT2D eigenvalue weighted by molar-refractivity contribution is 6.08. The average Bonchev–Trinajstić information content (AvgIpc) is 2.54. The van der Waals surface area contributed by atoms with E-state index in [-0.39, 0.29) is 40.4 Å². The molecule has 25 heavy (non-hydrogen) atoms. The number of phenols is 2. The maximum absolute atomic E-state index is 12.5. The van der Waals surface area contributed by atoms with E-state index in [4.69, 9.17) is 0 Å². The molecule has 4 atom stereocenters. The number of aliphatic hydroxyl groups is 1. The van der Waals surface area contributed by atoms with Gasteiger partial charge in [-0.25, -0.2) is 0 Å². The number of carbonyl (C=O) groups excluding carboxylic acids is 2. The highest BCUT2D eigenvalue weighted by Gasteiger charge is 2.29. The molecule has 6 nitrogen and oxygen atoms in total. The fourth-order valence-electron chi connectivity index (χ4n) is 3.23. The van der Waals surface area contributed by atoms with Gasteiger partial charge in [0.25, 0.3) is 0 Å². The van der Waals surface area contributed by atoms with Gasteiger partial charge in [-0.15, -0.1) is 0 Å². The topological polar surface area (TPSA) is 107 Å². The number of rotatable bonds is 0. The van der Waals surface area contributed by atoms with Gasteiger partial charge in [-0.3, -0.25) is 9.59 Å². The molecule has 1 aromatic carbocycles. The third kappa shape index (κ3) is 4.02. The van der Waals surface area contributed by atoms with Crippen molar-refractivity contribution in [2.75, 3.05) is 5.32 Å². The van der Waals surface area contributed by atoms with E-state index >= 15 is 0 Å². The van der Waals surface area contributed by atoms with Crippen LogP contribution in [0, 0.1) is 17.8 Å². The first-order valence-electron chi connectivity index (χ1n) is 8.37. The molecule has 1 aliphatic heterocycles. The van der Waals surface area contributed by atoms with E-state index in [1.165, 1.54) is 19.1 Å². The zero-order chi connectivity index (χ0) is 18.9. The number of aromatic hydroxyl groups is 2. The minimum atomic E-state index is -1.07. The molecule has 0 fully saturated rings. The molecule has 136 valence electrons. The lowest BCUT2D eigenvalue weighted by molar-refractivity contribution is -0.132. The maximum atomic E-state index is 12.5. The van der Waals surface area contributed by atoms with Crippen molar-refractivity contribution in [1.29, 1.82) is 0 Å². The lowest BCUT2D eigenvalue weighted by atomic mass is 9.88. The van der Waals surface area contributed by atoms with Crippen LogP contribution < -0.4 is 5.32 Å². The Kier molecular flexibility index (Phi) is 5.52. The summed E-state index contributed by atoms with van der Waals surface area (Å²) in [6.07, 6.45) is 1.26. The lowest BCUT2D eigenvalue weighted by Gasteiger charge is -2.20. The van der Waals surface area contributed by atoms with Crippen molar-refractivity contribution in [3.8, 4) is 11.5 Å². The van der Waals surface area contributed by atoms with Gasteiger partial charge in [0, 0.05) is 23.5 Å². The fourth-order valence-corrected chi connectivity index (χ4v) is 3.23. The van der Waals surface area contributed by atoms with Crippen LogP contribution >= 0.6 is 0 Å². The summed E-state index contributed by atoms with van der Waals surface area (Å²) in [5.74, 6) is -2.86. The zero-order valence-electron chi connectivity index (χ0n) is 14.9. The predicted molar refractivity (Wildman–Crippen MR) is 94.2 cm³/mol. The van der Waals surface area contributed by atoms with Gasteiger partial charge in [0.05, 0.1) is 17.7 Å². The number of anilines is 1. The van der Waals surface area contributed by atoms with Crippen LogP contribution in [0.15, 0.2) is 23.8 Å². The van der Waals surface area contributed by atoms with Gasteiger partial charge in [-0.05, 0) is 26.3 Å². The van der Waals surface area contributed by atoms with Crippen molar-refractivity contribution in [1.82, 2.24) is 0 Å². The molecule has 0 aliphatic carbocycles. The second kappa shape index (κ2) is 7.27. The summed E-state index contributed by atoms with van der Waals surface area (Å²) in [4.78, 5) is 24.8. The summed E-state index contributed by atoms with van der Waals surface area (Å²) < 4.78 is 0. The molecule has 1 amide bonds. The monoisotopic (exact) mass is 347 g/mol. The average molecular weight is 347 g/mol. The van der Waals surface area contributed by atoms with Crippen LogP contribution in [0.3, 0.4) is 0 Å². The van der Waals surface area contributed by atoms with Gasteiger partial charge in [0.1, 0.15) is 17.3 Å². The number of benzene rings is 1. The second-order valence-electron chi connectivity index (χ2n) is 6.97. The van der Waals surface area contributed by atoms with E-state index in [9.17, 15) is 24.9 Å². The minimum absolute atomic E-state index is 0.0292. The molecule has 4 N–H and O–H groups in total. The van der Waals surface area contributed by atoms with Crippen LogP contribution in [0.5, 0.6) is 11.5 Å². The molecule has 0 saturated carbocycles. The van der Waals surface area contributed by atoms with Crippen LogP contribution in [0.25, 0.3) is 0 Å². The predicted octanol–water partition coefficient (Wildman–Crippen LogP) is 2.90. The third-order valence-corrected chi connectivity index (χ3v) is 4.68. The molecular weight excluding hydrogens is 322 g/mol. The van der Waals surface area contributed by atoms with E-state index < -0.39 is 17.9 Å². The van der Waals surface area contributed by atoms with Crippen LogP contribution in [-0.2, 0) is 9.59 Å². The Morgan fingerprint density at radius 3 is 2.40 bits per heavy atom. The van der Waals surface area contributed by atoms with Crippen molar-refractivity contribution in [2.24, 2.45) is 17.8 Å². The lowest BCUT2D eigenvalue weighted by Crippen LogP contribution is -2.31. The largest absolute Gasteiger partial charge is 0.508 e. The molecule has 6 heteroatoms. The first kappa shape index (κ1) is 19.0. The molecule has 1 aromatic rings. The standard InChI is InChI=1S/C19H25NO5/c1-9-5-10(2)16(22)12(4)19(25)20-15-8-13(21)7-14(18(15)24)17(23)11(3)6-9/h6-8,10-12,17,21,23-24H,5H2,1-4H3,(H,20,25). The third-order valence-electron chi connectivity index (χ3n) is 4.68. The highest BCUT2D eigenvalue weighted by Crippen LogP contribution is 2.39. The minimum Gasteiger partial charge on any atom is -0.508 e. The van der Waals surface area contributed by atoms with E-state index in [0.717, 1.165) is 5.57 Å². The van der Waals surface area contributed by atoms with Gasteiger partial charge >= 0.3 is 0 Å². The second-order valence-corrected chi connectivity index (χ2v) is 6.97. The Hall–Kier alpha value is -2.34. The zero-order valence-corrected chi connectivity index (χ0v) is 14.9. The molecule has 1 heterocycles. The highest BCUT2D eigenvalue weighted by atomic mass is 16.3. The van der Waals surface area contributed by atoms with Gasteiger partial charge in [-0.1, -0.05) is 25.5 Å². The molecule has 0 spiro atoms. The fraction of sp³-hybridized carbons (Fsp3) is 0.474. The number of hydrogen-bond donors (Lipinski definition) is 4. The Balaban J connectivity index is 2.58. The van der Waals surface area contributed by atoms with E-state index in [0.29, 0.717) is 6.42 Å². The summed E-state index contributed by atoms with van der Waals surface area (Å²) in [6.45, 7) is 6.94. The number of allylic oxidation sites excluding steroid dienone is 1. The molecule has 1 aliphatic rings. The Morgan fingerprint density at radius 1 is 1.12 bits per heavy atom. The van der Waals surface area contributed by atoms with Crippen molar-refractivity contribution in [3.63, 3.8) is 0 Å². The Bertz CT molecular complexity index is 725. The number of aliphatic hydroxyl groups excluding tert-OH is 1. The van der Waals surface area contributed by atoms with E-state index in [1.807, 2.05) is 13.0 Å². The quantitative estimate of drug-likeness (QED) is 0.250. The normalized spacial score (nSPS) is 28.3. The van der Waals surface area contributed by atoms with Gasteiger partial charge in [-0.2, -0.15) is 0 Å². The molecule has 0 saturated heterocycles. The summed E-state index contributed by atoms with van der Waals surface area (Å²) in [7, 11) is 0. The van der Waals surface area contributed by atoms with Crippen molar-refractivity contribution < 1.29 is 24.9 Å². The molecular formula is C19H25NO5. The summed E-state index contributed by atoms with van der Waals surface area (Å²) in [5, 5.41) is 33.3. The number of amides is 1. The van der Waals surface area contributed by atoms with Crippen LogP contribution in [-0.4, -0.2) is 27.0 Å². The number of ketones is 1. The van der Waals surface area contributed by atoms with Gasteiger partial charge in [0.15, 0.2) is 0 Å². The SMILES string of the molecule is CC1=CC(C)C(O)c2cc(O)cc(c2O)NC(=O)C(C)C(=O)C(C)C1.